The molecule has 1 N–H and O–H groups in total. The van der Waals surface area contributed by atoms with Gasteiger partial charge in [-0.2, -0.15) is 0 Å². The number of nitrogens with one attached hydrogen (secondary N) is 1. The lowest BCUT2D eigenvalue weighted by molar-refractivity contribution is 0.377. The van der Waals surface area contributed by atoms with Gasteiger partial charge in [-0.05, 0) is 24.0 Å². The second-order valence-electron chi connectivity index (χ2n) is 6.14. The Hall–Kier alpha value is -1.95. The highest BCUT2D eigenvalue weighted by atomic mass is 19.1. The van der Waals surface area contributed by atoms with E-state index in [1.807, 2.05) is 4.90 Å². The van der Waals surface area contributed by atoms with Crippen molar-refractivity contribution in [2.75, 3.05) is 37.6 Å². The van der Waals surface area contributed by atoms with Crippen LogP contribution in [0.3, 0.4) is 0 Å². The second kappa shape index (κ2) is 5.35. The van der Waals surface area contributed by atoms with Gasteiger partial charge >= 0.3 is 0 Å². The summed E-state index contributed by atoms with van der Waals surface area (Å²) in [5.74, 6) is 1.12. The maximum atomic E-state index is 13.5. The summed E-state index contributed by atoms with van der Waals surface area (Å²) in [6.07, 6.45) is 3.55. The van der Waals surface area contributed by atoms with E-state index in [1.165, 1.54) is 12.1 Å². The maximum absolute atomic E-state index is 13.5. The minimum atomic E-state index is -0.556. The molecule has 0 saturated carbocycles. The molecule has 4 rings (SSSR count). The Labute approximate surface area is 128 Å². The number of halogens is 2. The Kier molecular flexibility index (Phi) is 3.33. The first-order valence-electron chi connectivity index (χ1n) is 7.62. The van der Waals surface area contributed by atoms with Gasteiger partial charge in [-0.3, -0.25) is 4.99 Å². The topological polar surface area (TPSA) is 30.9 Å². The Morgan fingerprint density at radius 1 is 1.05 bits per heavy atom. The minimum Gasteiger partial charge on any atom is -0.356 e. The molecule has 0 radical (unpaired) electrons. The van der Waals surface area contributed by atoms with Crippen molar-refractivity contribution < 1.29 is 8.78 Å². The number of rotatable bonds is 2. The quantitative estimate of drug-likeness (QED) is 0.904. The first-order valence-corrected chi connectivity index (χ1v) is 7.62. The molecule has 0 unspecified atom stereocenters. The molecule has 0 spiro atoms. The number of benzene rings is 1. The molecule has 2 fully saturated rings. The van der Waals surface area contributed by atoms with Gasteiger partial charge in [0.1, 0.15) is 17.5 Å². The number of anilines is 1. The fraction of sp³-hybridized carbons (Fsp3) is 0.438. The zero-order chi connectivity index (χ0) is 15.1. The minimum absolute atomic E-state index is 0.527. The highest BCUT2D eigenvalue weighted by Crippen LogP contribution is 2.32. The third kappa shape index (κ3) is 2.37. The van der Waals surface area contributed by atoms with Gasteiger partial charge in [0.15, 0.2) is 0 Å². The molecule has 2 saturated heterocycles. The van der Waals surface area contributed by atoms with Crippen molar-refractivity contribution in [3.63, 3.8) is 0 Å². The second-order valence-corrected chi connectivity index (χ2v) is 6.14. The highest BCUT2D eigenvalue weighted by molar-refractivity contribution is 5.71. The standard InChI is InChI=1S/C16H18F2N4/c17-13-3-14(18)5-15(4-13)22-2-1-19-8-16(22)21-9-11-6-20-7-12(11)10-21/h1,3-5,8,11-12,20H,2,6-7,9-10H2/t11-,12+. The summed E-state index contributed by atoms with van der Waals surface area (Å²) < 4.78 is 27.1. The first-order chi connectivity index (χ1) is 10.7. The fourth-order valence-electron chi connectivity index (χ4n) is 3.64. The van der Waals surface area contributed by atoms with E-state index in [2.05, 4.69) is 15.2 Å². The van der Waals surface area contributed by atoms with Crippen LogP contribution in [0.15, 0.2) is 35.2 Å². The van der Waals surface area contributed by atoms with Gasteiger partial charge in [-0.1, -0.05) is 0 Å². The van der Waals surface area contributed by atoms with Crippen LogP contribution in [0, 0.1) is 23.5 Å². The van der Waals surface area contributed by atoms with Crippen molar-refractivity contribution in [3.8, 4) is 0 Å². The normalized spacial score (nSPS) is 27.3. The van der Waals surface area contributed by atoms with E-state index in [9.17, 15) is 8.78 Å². The zero-order valence-corrected chi connectivity index (χ0v) is 12.2. The summed E-state index contributed by atoms with van der Waals surface area (Å²) in [7, 11) is 0. The molecule has 0 aliphatic carbocycles. The summed E-state index contributed by atoms with van der Waals surface area (Å²) in [4.78, 5) is 8.46. The molecule has 3 heterocycles. The molecular weight excluding hydrogens is 286 g/mol. The van der Waals surface area contributed by atoms with Crippen LogP contribution in [0.4, 0.5) is 14.5 Å². The van der Waals surface area contributed by atoms with Gasteiger partial charge in [0.05, 0.1) is 12.7 Å². The number of fused-ring (bicyclic) bond motifs is 1. The third-order valence-corrected chi connectivity index (χ3v) is 4.71. The Morgan fingerprint density at radius 2 is 1.73 bits per heavy atom. The Morgan fingerprint density at radius 3 is 2.41 bits per heavy atom. The maximum Gasteiger partial charge on any atom is 0.128 e. The molecule has 3 aliphatic rings. The van der Waals surface area contributed by atoms with Crippen LogP contribution in [0.25, 0.3) is 0 Å². The Bertz CT molecular complexity index is 611. The van der Waals surface area contributed by atoms with Gasteiger partial charge in [-0.25, -0.2) is 8.78 Å². The summed E-state index contributed by atoms with van der Waals surface area (Å²) >= 11 is 0. The monoisotopic (exact) mass is 304 g/mol. The largest absolute Gasteiger partial charge is 0.356 e. The molecule has 2 atom stereocenters. The molecule has 116 valence electrons. The number of hydrogen-bond donors (Lipinski definition) is 1. The number of hydrogen-bond acceptors (Lipinski definition) is 4. The van der Waals surface area contributed by atoms with E-state index in [0.29, 0.717) is 24.1 Å². The number of aliphatic imine (C=N–C) groups is 1. The van der Waals surface area contributed by atoms with E-state index in [4.69, 9.17) is 0 Å². The molecule has 1 aromatic rings. The van der Waals surface area contributed by atoms with Crippen molar-refractivity contribution >= 4 is 11.9 Å². The van der Waals surface area contributed by atoms with Crippen molar-refractivity contribution in [1.82, 2.24) is 10.2 Å². The SMILES string of the molecule is Fc1cc(F)cc(N2CC=NC=C2N2C[C@H]3CNC[C@H]3C2)c1. The molecule has 0 amide bonds. The summed E-state index contributed by atoms with van der Waals surface area (Å²) in [5.41, 5.74) is 0.532. The van der Waals surface area contributed by atoms with E-state index in [0.717, 1.165) is 38.1 Å². The first kappa shape index (κ1) is 13.7. The van der Waals surface area contributed by atoms with Crippen LogP contribution in [-0.2, 0) is 0 Å². The Balaban J connectivity index is 1.62. The van der Waals surface area contributed by atoms with Gasteiger partial charge in [0, 0.05) is 44.1 Å². The number of nitrogens with zero attached hydrogens (tertiary/aromatic N) is 3. The smallest absolute Gasteiger partial charge is 0.128 e. The molecular formula is C16H18F2N4. The van der Waals surface area contributed by atoms with Crippen molar-refractivity contribution in [2.24, 2.45) is 16.8 Å². The van der Waals surface area contributed by atoms with Crippen molar-refractivity contribution in [1.29, 1.82) is 0 Å². The predicted octanol–water partition coefficient (Wildman–Crippen LogP) is 1.81. The average molecular weight is 304 g/mol. The fourth-order valence-corrected chi connectivity index (χ4v) is 3.64. The van der Waals surface area contributed by atoms with Crippen LogP contribution >= 0.6 is 0 Å². The van der Waals surface area contributed by atoms with Crippen LogP contribution in [-0.4, -0.2) is 43.8 Å². The highest BCUT2D eigenvalue weighted by Gasteiger charge is 2.38. The summed E-state index contributed by atoms with van der Waals surface area (Å²) in [5, 5.41) is 3.42. The van der Waals surface area contributed by atoms with Crippen LogP contribution in [0.1, 0.15) is 0 Å². The van der Waals surface area contributed by atoms with Gasteiger partial charge in [-0.15, -0.1) is 0 Å². The van der Waals surface area contributed by atoms with E-state index in [1.54, 1.807) is 12.4 Å². The molecule has 1 aromatic carbocycles. The van der Waals surface area contributed by atoms with Crippen LogP contribution < -0.4 is 10.2 Å². The third-order valence-electron chi connectivity index (χ3n) is 4.71. The zero-order valence-electron chi connectivity index (χ0n) is 12.2. The van der Waals surface area contributed by atoms with Crippen molar-refractivity contribution in [3.05, 3.63) is 41.9 Å². The lowest BCUT2D eigenvalue weighted by Gasteiger charge is -2.34. The van der Waals surface area contributed by atoms with Gasteiger partial charge < -0.3 is 15.1 Å². The van der Waals surface area contributed by atoms with Gasteiger partial charge in [0.2, 0.25) is 0 Å². The molecule has 22 heavy (non-hydrogen) atoms. The van der Waals surface area contributed by atoms with Crippen LogP contribution in [0.2, 0.25) is 0 Å². The molecule has 0 bridgehead atoms. The van der Waals surface area contributed by atoms with Crippen LogP contribution in [0.5, 0.6) is 0 Å². The number of likely N-dealkylation sites (tertiary alicyclic amines) is 1. The lowest BCUT2D eigenvalue weighted by Crippen LogP contribution is -2.38. The molecule has 0 aromatic heterocycles. The van der Waals surface area contributed by atoms with Crippen molar-refractivity contribution in [2.45, 2.75) is 0 Å². The average Bonchev–Trinajstić information content (AvgIpc) is 3.07. The summed E-state index contributed by atoms with van der Waals surface area (Å²) in [6.45, 7) is 4.55. The van der Waals surface area contributed by atoms with E-state index >= 15 is 0 Å². The summed E-state index contributed by atoms with van der Waals surface area (Å²) in [6, 6.07) is 3.64. The van der Waals surface area contributed by atoms with E-state index in [-0.39, 0.29) is 0 Å². The predicted molar refractivity (Wildman–Crippen MR) is 81.7 cm³/mol. The molecule has 6 heteroatoms. The van der Waals surface area contributed by atoms with E-state index < -0.39 is 11.6 Å². The lowest BCUT2D eigenvalue weighted by atomic mass is 10.0. The molecule has 4 nitrogen and oxygen atoms in total. The molecule has 3 aliphatic heterocycles. The van der Waals surface area contributed by atoms with Gasteiger partial charge in [0.25, 0.3) is 0 Å².